The Morgan fingerprint density at radius 3 is 2.38 bits per heavy atom. The number of sulfonamides is 1. The van der Waals surface area contributed by atoms with Gasteiger partial charge < -0.3 is 10.6 Å². The van der Waals surface area contributed by atoms with E-state index in [0.717, 1.165) is 24.0 Å². The van der Waals surface area contributed by atoms with Crippen LogP contribution >= 0.6 is 0 Å². The van der Waals surface area contributed by atoms with Crippen LogP contribution in [-0.2, 0) is 16.6 Å². The van der Waals surface area contributed by atoms with Crippen molar-refractivity contribution in [1.82, 2.24) is 10.6 Å². The average Bonchev–Trinajstić information content (AvgIpc) is 2.54. The Bertz CT molecular complexity index is 648. The Labute approximate surface area is 145 Å². The van der Waals surface area contributed by atoms with Crippen molar-refractivity contribution >= 4 is 16.0 Å². The molecule has 1 aliphatic rings. The molecule has 0 aliphatic heterocycles. The number of benzene rings is 1. The minimum absolute atomic E-state index is 0.122. The molecular formula is C17H28N4O2S. The molecule has 1 aromatic carbocycles. The summed E-state index contributed by atoms with van der Waals surface area (Å²) in [6, 6.07) is 7.00. The molecule has 134 valence electrons. The third-order valence-electron chi connectivity index (χ3n) is 4.37. The van der Waals surface area contributed by atoms with Gasteiger partial charge in [0.15, 0.2) is 5.96 Å². The summed E-state index contributed by atoms with van der Waals surface area (Å²) in [6.07, 6.45) is 4.86. The highest BCUT2D eigenvalue weighted by atomic mass is 32.2. The molecule has 1 aromatic rings. The molecule has 0 heterocycles. The Hall–Kier alpha value is -1.60. The van der Waals surface area contributed by atoms with Gasteiger partial charge in [-0.25, -0.2) is 18.5 Å². The lowest BCUT2D eigenvalue weighted by atomic mass is 9.87. The van der Waals surface area contributed by atoms with Gasteiger partial charge in [0.1, 0.15) is 0 Å². The van der Waals surface area contributed by atoms with Crippen molar-refractivity contribution in [3.8, 4) is 0 Å². The van der Waals surface area contributed by atoms with Crippen LogP contribution < -0.4 is 15.8 Å². The number of aliphatic imine (C=N–C) groups is 1. The largest absolute Gasteiger partial charge is 0.357 e. The van der Waals surface area contributed by atoms with Gasteiger partial charge in [-0.2, -0.15) is 0 Å². The molecule has 24 heavy (non-hydrogen) atoms. The SMILES string of the molecule is CCNC(=NCc1ccc(S(N)(=O)=O)cc1)NC1CCC(C)CC1. The highest BCUT2D eigenvalue weighted by Crippen LogP contribution is 2.23. The van der Waals surface area contributed by atoms with Crippen LogP contribution in [0, 0.1) is 5.92 Å². The topological polar surface area (TPSA) is 96.6 Å². The molecule has 0 atom stereocenters. The van der Waals surface area contributed by atoms with Crippen LogP contribution in [0.15, 0.2) is 34.2 Å². The minimum Gasteiger partial charge on any atom is -0.357 e. The maximum Gasteiger partial charge on any atom is 0.238 e. The van der Waals surface area contributed by atoms with Crippen LogP contribution in [0.4, 0.5) is 0 Å². The first-order chi connectivity index (χ1) is 11.4. The van der Waals surface area contributed by atoms with Gasteiger partial charge in [-0.1, -0.05) is 19.1 Å². The molecule has 7 heteroatoms. The van der Waals surface area contributed by atoms with Crippen LogP contribution in [0.2, 0.25) is 0 Å². The highest BCUT2D eigenvalue weighted by molar-refractivity contribution is 7.89. The molecule has 0 bridgehead atoms. The van der Waals surface area contributed by atoms with Crippen LogP contribution in [0.25, 0.3) is 0 Å². The van der Waals surface area contributed by atoms with E-state index in [4.69, 9.17) is 5.14 Å². The normalized spacial score (nSPS) is 22.2. The van der Waals surface area contributed by atoms with Crippen LogP contribution in [0.5, 0.6) is 0 Å². The fourth-order valence-corrected chi connectivity index (χ4v) is 3.39. The number of hydrogen-bond acceptors (Lipinski definition) is 3. The number of nitrogens with one attached hydrogen (secondary N) is 2. The number of guanidine groups is 1. The summed E-state index contributed by atoms with van der Waals surface area (Å²) in [4.78, 5) is 4.72. The zero-order valence-corrected chi connectivity index (χ0v) is 15.3. The van der Waals surface area contributed by atoms with Gasteiger partial charge in [-0.15, -0.1) is 0 Å². The summed E-state index contributed by atoms with van der Waals surface area (Å²) in [5, 5.41) is 11.9. The standard InChI is InChI=1S/C17H28N4O2S/c1-3-19-17(21-15-8-4-13(2)5-9-15)20-12-14-6-10-16(11-7-14)24(18,22)23/h6-7,10-11,13,15H,3-5,8-9,12H2,1-2H3,(H2,18,22,23)(H2,19,20,21). The monoisotopic (exact) mass is 352 g/mol. The lowest BCUT2D eigenvalue weighted by molar-refractivity contribution is 0.329. The lowest BCUT2D eigenvalue weighted by Gasteiger charge is -2.28. The van der Waals surface area contributed by atoms with Crippen LogP contribution in [0.3, 0.4) is 0 Å². The second-order valence-corrected chi connectivity index (χ2v) is 8.05. The summed E-state index contributed by atoms with van der Waals surface area (Å²) in [7, 11) is -3.64. The predicted octanol–water partition coefficient (Wildman–Crippen LogP) is 1.97. The molecule has 0 spiro atoms. The van der Waals surface area contributed by atoms with Crippen LogP contribution in [-0.4, -0.2) is 27.0 Å². The number of nitrogens with zero attached hydrogens (tertiary/aromatic N) is 1. The van der Waals surface area contributed by atoms with Gasteiger partial charge in [-0.3, -0.25) is 0 Å². The third kappa shape index (κ3) is 5.79. The second kappa shape index (κ2) is 8.48. The highest BCUT2D eigenvalue weighted by Gasteiger charge is 2.18. The van der Waals surface area contributed by atoms with Crippen molar-refractivity contribution in [1.29, 1.82) is 0 Å². The molecule has 1 aliphatic carbocycles. The van der Waals surface area contributed by atoms with Crippen LogP contribution in [0.1, 0.15) is 45.1 Å². The molecule has 2 rings (SSSR count). The fourth-order valence-electron chi connectivity index (χ4n) is 2.87. The van der Waals surface area contributed by atoms with E-state index < -0.39 is 10.0 Å². The van der Waals surface area contributed by atoms with E-state index in [1.165, 1.54) is 37.8 Å². The number of nitrogens with two attached hydrogens (primary N) is 1. The second-order valence-electron chi connectivity index (χ2n) is 6.49. The Morgan fingerprint density at radius 2 is 1.83 bits per heavy atom. The molecule has 4 N–H and O–H groups in total. The van der Waals surface area contributed by atoms with E-state index in [1.54, 1.807) is 12.1 Å². The van der Waals surface area contributed by atoms with Crippen molar-refractivity contribution in [3.05, 3.63) is 29.8 Å². The number of primary sulfonamides is 1. The summed E-state index contributed by atoms with van der Waals surface area (Å²) in [5.41, 5.74) is 0.942. The van der Waals surface area contributed by atoms with Crippen molar-refractivity contribution in [2.45, 2.75) is 57.0 Å². The van der Waals surface area contributed by atoms with E-state index in [-0.39, 0.29) is 4.90 Å². The molecule has 1 fully saturated rings. The van der Waals surface area contributed by atoms with Gasteiger partial charge in [0, 0.05) is 12.6 Å². The van der Waals surface area contributed by atoms with E-state index in [2.05, 4.69) is 22.5 Å². The summed E-state index contributed by atoms with van der Waals surface area (Å²) in [6.45, 7) is 5.64. The van der Waals surface area contributed by atoms with Gasteiger partial charge in [0.25, 0.3) is 0 Å². The molecule has 6 nitrogen and oxygen atoms in total. The van der Waals surface area contributed by atoms with Gasteiger partial charge in [0.2, 0.25) is 10.0 Å². The van der Waals surface area contributed by atoms with E-state index in [0.29, 0.717) is 12.6 Å². The average molecular weight is 353 g/mol. The van der Waals surface area contributed by atoms with Crippen molar-refractivity contribution < 1.29 is 8.42 Å². The summed E-state index contributed by atoms with van der Waals surface area (Å²) >= 11 is 0. The minimum atomic E-state index is -3.64. The molecule has 0 amide bonds. The zero-order chi connectivity index (χ0) is 17.6. The lowest BCUT2D eigenvalue weighted by Crippen LogP contribution is -2.44. The van der Waals surface area contributed by atoms with Crippen molar-refractivity contribution in [3.63, 3.8) is 0 Å². The molecule has 1 saturated carbocycles. The quantitative estimate of drug-likeness (QED) is 0.557. The Balaban J connectivity index is 1.97. The summed E-state index contributed by atoms with van der Waals surface area (Å²) < 4.78 is 22.5. The maximum atomic E-state index is 11.3. The van der Waals surface area contributed by atoms with Gasteiger partial charge in [0.05, 0.1) is 11.4 Å². The van der Waals surface area contributed by atoms with E-state index in [9.17, 15) is 8.42 Å². The first kappa shape index (κ1) is 18.7. The Kier molecular flexibility index (Phi) is 6.62. The third-order valence-corrected chi connectivity index (χ3v) is 5.30. The molecule has 0 radical (unpaired) electrons. The van der Waals surface area contributed by atoms with Gasteiger partial charge in [-0.05, 0) is 56.2 Å². The summed E-state index contributed by atoms with van der Waals surface area (Å²) in [5.74, 6) is 1.63. The van der Waals surface area contributed by atoms with Crippen molar-refractivity contribution in [2.24, 2.45) is 16.0 Å². The predicted molar refractivity (Wildman–Crippen MR) is 97.2 cm³/mol. The van der Waals surface area contributed by atoms with Crippen molar-refractivity contribution in [2.75, 3.05) is 6.54 Å². The number of rotatable bonds is 5. The van der Waals surface area contributed by atoms with E-state index >= 15 is 0 Å². The maximum absolute atomic E-state index is 11.3. The molecule has 0 aromatic heterocycles. The molecular weight excluding hydrogens is 324 g/mol. The molecule has 0 saturated heterocycles. The van der Waals surface area contributed by atoms with E-state index in [1.807, 2.05) is 6.92 Å². The first-order valence-corrected chi connectivity index (χ1v) is 10.1. The fraction of sp³-hybridized carbons (Fsp3) is 0.588. The number of hydrogen-bond donors (Lipinski definition) is 3. The van der Waals surface area contributed by atoms with Gasteiger partial charge >= 0.3 is 0 Å². The smallest absolute Gasteiger partial charge is 0.238 e. The zero-order valence-electron chi connectivity index (χ0n) is 14.5. The Morgan fingerprint density at radius 1 is 1.21 bits per heavy atom. The first-order valence-electron chi connectivity index (χ1n) is 8.55. The molecule has 0 unspecified atom stereocenters.